The summed E-state index contributed by atoms with van der Waals surface area (Å²) in [5.41, 5.74) is 1.61. The summed E-state index contributed by atoms with van der Waals surface area (Å²) in [6, 6.07) is 18.2. The van der Waals surface area contributed by atoms with E-state index in [-0.39, 0.29) is 30.5 Å². The number of rotatable bonds is 5. The molecule has 2 aromatic carbocycles. The highest BCUT2D eigenvalue weighted by Crippen LogP contribution is 2.46. The molecule has 3 atom stereocenters. The molecule has 0 aliphatic carbocycles. The highest BCUT2D eigenvalue weighted by atomic mass is 35.5. The van der Waals surface area contributed by atoms with Gasteiger partial charge in [-0.15, -0.1) is 0 Å². The standard InChI is InChI=1S/C28H30ClN3O4/c1-2-22-15-24(36-30-22)26(34)31-13-7-12-28(18-31)16-23(33)25(20-9-4-3-5-10-20)32(27(28)35)17-19-8-6-11-21(29)14-19/h3-6,8-11,14-15,23,25,33H,2,7,12-13,16-18H2,1H3/t23-,25+,28+/m1/s1. The summed E-state index contributed by atoms with van der Waals surface area (Å²) in [5.74, 6) is -0.133. The van der Waals surface area contributed by atoms with E-state index >= 15 is 0 Å². The second-order valence-corrected chi connectivity index (χ2v) is 10.3. The molecule has 0 unspecified atom stereocenters. The quantitative estimate of drug-likeness (QED) is 0.543. The van der Waals surface area contributed by atoms with Crippen LogP contribution in [-0.2, 0) is 17.8 Å². The summed E-state index contributed by atoms with van der Waals surface area (Å²) in [6.07, 6.45) is 1.45. The zero-order valence-electron chi connectivity index (χ0n) is 20.3. The Morgan fingerprint density at radius 2 is 2.00 bits per heavy atom. The molecule has 0 radical (unpaired) electrons. The molecule has 2 fully saturated rings. The Labute approximate surface area is 215 Å². The van der Waals surface area contributed by atoms with Gasteiger partial charge in [-0.3, -0.25) is 9.59 Å². The predicted molar refractivity (Wildman–Crippen MR) is 135 cm³/mol. The number of likely N-dealkylation sites (tertiary alicyclic amines) is 2. The number of piperidine rings is 2. The van der Waals surface area contributed by atoms with Crippen LogP contribution in [0.2, 0.25) is 5.02 Å². The molecule has 1 spiro atoms. The third kappa shape index (κ3) is 4.65. The molecule has 2 amide bonds. The fourth-order valence-corrected chi connectivity index (χ4v) is 5.89. The molecular formula is C28H30ClN3O4. The van der Waals surface area contributed by atoms with Crippen molar-refractivity contribution in [3.05, 3.63) is 88.3 Å². The van der Waals surface area contributed by atoms with Gasteiger partial charge in [-0.05, 0) is 48.9 Å². The molecule has 36 heavy (non-hydrogen) atoms. The zero-order valence-corrected chi connectivity index (χ0v) is 21.0. The Balaban J connectivity index is 1.47. The molecule has 2 saturated heterocycles. The van der Waals surface area contributed by atoms with Crippen LogP contribution in [0.15, 0.2) is 65.2 Å². The van der Waals surface area contributed by atoms with Crippen molar-refractivity contribution in [1.82, 2.24) is 15.0 Å². The number of aromatic nitrogens is 1. The van der Waals surface area contributed by atoms with Crippen LogP contribution < -0.4 is 0 Å². The lowest BCUT2D eigenvalue weighted by Crippen LogP contribution is -2.61. The lowest BCUT2D eigenvalue weighted by atomic mass is 9.69. The Morgan fingerprint density at radius 3 is 2.72 bits per heavy atom. The number of carbonyl (C=O) groups is 2. The number of halogens is 1. The number of aliphatic hydroxyl groups is 1. The molecule has 0 saturated carbocycles. The van der Waals surface area contributed by atoms with Gasteiger partial charge in [-0.25, -0.2) is 0 Å². The number of amides is 2. The average Bonchev–Trinajstić information content (AvgIpc) is 3.37. The lowest BCUT2D eigenvalue weighted by Gasteiger charge is -2.51. The molecule has 0 bridgehead atoms. The van der Waals surface area contributed by atoms with Gasteiger partial charge in [0.25, 0.3) is 5.91 Å². The van der Waals surface area contributed by atoms with Crippen LogP contribution in [0.25, 0.3) is 0 Å². The number of hydrogen-bond acceptors (Lipinski definition) is 5. The summed E-state index contributed by atoms with van der Waals surface area (Å²) in [4.78, 5) is 31.0. The van der Waals surface area contributed by atoms with Gasteiger partial charge in [0.05, 0.1) is 23.3 Å². The summed E-state index contributed by atoms with van der Waals surface area (Å²) < 4.78 is 5.28. The second kappa shape index (κ2) is 10.1. The van der Waals surface area contributed by atoms with Crippen LogP contribution in [-0.4, -0.2) is 51.1 Å². The molecule has 188 valence electrons. The number of hydrogen-bond donors (Lipinski definition) is 1. The lowest BCUT2D eigenvalue weighted by molar-refractivity contribution is -0.165. The van der Waals surface area contributed by atoms with E-state index in [1.807, 2.05) is 55.5 Å². The van der Waals surface area contributed by atoms with Gasteiger partial charge in [0.15, 0.2) is 0 Å². The topological polar surface area (TPSA) is 86.9 Å². The summed E-state index contributed by atoms with van der Waals surface area (Å²) in [7, 11) is 0. The predicted octanol–water partition coefficient (Wildman–Crippen LogP) is 4.65. The van der Waals surface area contributed by atoms with Crippen molar-refractivity contribution in [3.8, 4) is 0 Å². The van der Waals surface area contributed by atoms with Crippen molar-refractivity contribution in [2.45, 2.75) is 51.3 Å². The third-order valence-electron chi connectivity index (χ3n) is 7.39. The normalized spacial score (nSPS) is 24.4. The van der Waals surface area contributed by atoms with Crippen LogP contribution in [0, 0.1) is 5.41 Å². The first kappa shape index (κ1) is 24.5. The SMILES string of the molecule is CCc1cc(C(=O)N2CCC[C@]3(C[C@@H](O)[C@H](c4ccccc4)N(Cc4cccc(Cl)c4)C3=O)C2)on1. The van der Waals surface area contributed by atoms with E-state index in [0.717, 1.165) is 11.1 Å². The minimum Gasteiger partial charge on any atom is -0.391 e. The van der Waals surface area contributed by atoms with Crippen molar-refractivity contribution in [3.63, 3.8) is 0 Å². The third-order valence-corrected chi connectivity index (χ3v) is 7.63. The van der Waals surface area contributed by atoms with E-state index in [9.17, 15) is 14.7 Å². The van der Waals surface area contributed by atoms with Gasteiger partial charge in [-0.2, -0.15) is 0 Å². The van der Waals surface area contributed by atoms with Crippen molar-refractivity contribution >= 4 is 23.4 Å². The van der Waals surface area contributed by atoms with E-state index in [0.29, 0.717) is 43.1 Å². The Kier molecular flexibility index (Phi) is 6.86. The van der Waals surface area contributed by atoms with Crippen LogP contribution in [0.1, 0.15) is 59.6 Å². The highest BCUT2D eigenvalue weighted by molar-refractivity contribution is 6.30. The number of benzene rings is 2. The van der Waals surface area contributed by atoms with Gasteiger partial charge in [0.2, 0.25) is 11.7 Å². The molecular weight excluding hydrogens is 478 g/mol. The smallest absolute Gasteiger partial charge is 0.292 e. The molecule has 3 aromatic rings. The molecule has 2 aliphatic rings. The number of nitrogens with zero attached hydrogens (tertiary/aromatic N) is 3. The fourth-order valence-electron chi connectivity index (χ4n) is 5.67. The van der Waals surface area contributed by atoms with Crippen molar-refractivity contribution in [2.75, 3.05) is 13.1 Å². The minimum atomic E-state index is -0.870. The van der Waals surface area contributed by atoms with Gasteiger partial charge in [-0.1, -0.05) is 66.1 Å². The first-order chi connectivity index (χ1) is 17.4. The van der Waals surface area contributed by atoms with E-state index in [2.05, 4.69) is 5.16 Å². The minimum absolute atomic E-state index is 0.0501. The van der Waals surface area contributed by atoms with Crippen LogP contribution in [0.3, 0.4) is 0 Å². The maximum atomic E-state index is 14.3. The molecule has 8 heteroatoms. The average molecular weight is 508 g/mol. The zero-order chi connectivity index (χ0) is 25.3. The Bertz CT molecular complexity index is 1250. The number of aliphatic hydroxyl groups excluding tert-OH is 1. The molecule has 2 aliphatic heterocycles. The monoisotopic (exact) mass is 507 g/mol. The van der Waals surface area contributed by atoms with Crippen LogP contribution in [0.4, 0.5) is 0 Å². The Morgan fingerprint density at radius 1 is 1.19 bits per heavy atom. The van der Waals surface area contributed by atoms with E-state index in [1.54, 1.807) is 21.9 Å². The molecule has 1 N–H and O–H groups in total. The summed E-state index contributed by atoms with van der Waals surface area (Å²) >= 11 is 6.24. The summed E-state index contributed by atoms with van der Waals surface area (Å²) in [6.45, 7) is 3.02. The van der Waals surface area contributed by atoms with Gasteiger partial charge in [0.1, 0.15) is 0 Å². The van der Waals surface area contributed by atoms with Crippen molar-refractivity contribution < 1.29 is 19.2 Å². The van der Waals surface area contributed by atoms with E-state index < -0.39 is 17.6 Å². The van der Waals surface area contributed by atoms with Crippen molar-refractivity contribution in [2.24, 2.45) is 5.41 Å². The van der Waals surface area contributed by atoms with E-state index in [1.165, 1.54) is 0 Å². The number of aryl methyl sites for hydroxylation is 1. The maximum absolute atomic E-state index is 14.3. The maximum Gasteiger partial charge on any atom is 0.292 e. The first-order valence-electron chi connectivity index (χ1n) is 12.4. The van der Waals surface area contributed by atoms with Gasteiger partial charge < -0.3 is 19.4 Å². The molecule has 7 nitrogen and oxygen atoms in total. The summed E-state index contributed by atoms with van der Waals surface area (Å²) in [5, 5.41) is 16.0. The number of carbonyl (C=O) groups excluding carboxylic acids is 2. The van der Waals surface area contributed by atoms with E-state index in [4.69, 9.17) is 16.1 Å². The molecule has 3 heterocycles. The molecule has 1 aromatic heterocycles. The fraction of sp³-hybridized carbons (Fsp3) is 0.393. The largest absolute Gasteiger partial charge is 0.391 e. The van der Waals surface area contributed by atoms with Crippen molar-refractivity contribution in [1.29, 1.82) is 0 Å². The van der Waals surface area contributed by atoms with Gasteiger partial charge in [0, 0.05) is 30.7 Å². The second-order valence-electron chi connectivity index (χ2n) is 9.84. The first-order valence-corrected chi connectivity index (χ1v) is 12.8. The molecule has 5 rings (SSSR count). The highest BCUT2D eigenvalue weighted by Gasteiger charge is 2.53. The Hall–Kier alpha value is -3.16. The van der Waals surface area contributed by atoms with Crippen LogP contribution in [0.5, 0.6) is 0 Å². The van der Waals surface area contributed by atoms with Gasteiger partial charge >= 0.3 is 0 Å². The van der Waals surface area contributed by atoms with Crippen LogP contribution >= 0.6 is 11.6 Å².